The molecule has 0 radical (unpaired) electrons. The van der Waals surface area contributed by atoms with Gasteiger partial charge in [0.05, 0.1) is 0 Å². The molecule has 0 fully saturated rings. The number of anilines is 1. The van der Waals surface area contributed by atoms with Crippen LogP contribution in [-0.2, 0) is 10.0 Å². The standard InChI is InChI=1S/C12H21N5O2S2/c1-4-16(7-5-6-15(2)3)21(18,19)11-10(13)14-12-17(11)8-9-20-12/h8-9H,4-7,13H2,1-3H3. The van der Waals surface area contributed by atoms with Gasteiger partial charge in [-0.1, -0.05) is 6.92 Å². The third-order valence-corrected chi connectivity index (χ3v) is 5.96. The van der Waals surface area contributed by atoms with Gasteiger partial charge >= 0.3 is 0 Å². The largest absolute Gasteiger partial charge is 0.381 e. The van der Waals surface area contributed by atoms with E-state index in [0.717, 1.165) is 13.0 Å². The number of nitrogens with zero attached hydrogens (tertiary/aromatic N) is 4. The zero-order valence-corrected chi connectivity index (χ0v) is 14.1. The molecule has 0 spiro atoms. The highest BCUT2D eigenvalue weighted by Gasteiger charge is 2.30. The number of thiazole rings is 1. The van der Waals surface area contributed by atoms with Crippen molar-refractivity contribution in [1.29, 1.82) is 0 Å². The molecule has 0 atom stereocenters. The quantitative estimate of drug-likeness (QED) is 0.816. The van der Waals surface area contributed by atoms with Gasteiger partial charge in [-0.05, 0) is 27.1 Å². The summed E-state index contributed by atoms with van der Waals surface area (Å²) >= 11 is 1.36. The fourth-order valence-electron chi connectivity index (χ4n) is 2.17. The molecule has 0 aliphatic carbocycles. The molecule has 2 rings (SSSR count). The first-order chi connectivity index (χ1) is 9.87. The van der Waals surface area contributed by atoms with E-state index >= 15 is 0 Å². The third kappa shape index (κ3) is 3.20. The van der Waals surface area contributed by atoms with Crippen molar-refractivity contribution < 1.29 is 8.42 Å². The van der Waals surface area contributed by atoms with Gasteiger partial charge in [-0.3, -0.25) is 4.40 Å². The number of nitrogen functional groups attached to an aromatic ring is 1. The molecule has 2 aromatic heterocycles. The zero-order valence-electron chi connectivity index (χ0n) is 12.5. The first-order valence-electron chi connectivity index (χ1n) is 6.73. The van der Waals surface area contributed by atoms with Crippen molar-refractivity contribution in [1.82, 2.24) is 18.6 Å². The lowest BCUT2D eigenvalue weighted by Gasteiger charge is -2.21. The van der Waals surface area contributed by atoms with Crippen LogP contribution in [0.4, 0.5) is 5.82 Å². The Morgan fingerprint density at radius 2 is 2.10 bits per heavy atom. The lowest BCUT2D eigenvalue weighted by atomic mass is 10.4. The molecule has 0 amide bonds. The van der Waals surface area contributed by atoms with Gasteiger partial charge in [-0.2, -0.15) is 4.31 Å². The number of aromatic nitrogens is 2. The van der Waals surface area contributed by atoms with Crippen molar-refractivity contribution in [2.75, 3.05) is 39.5 Å². The van der Waals surface area contributed by atoms with Crippen molar-refractivity contribution in [2.45, 2.75) is 18.4 Å². The van der Waals surface area contributed by atoms with Crippen LogP contribution in [0.15, 0.2) is 16.6 Å². The van der Waals surface area contributed by atoms with Crippen LogP contribution < -0.4 is 5.73 Å². The summed E-state index contributed by atoms with van der Waals surface area (Å²) in [6.45, 7) is 3.54. The summed E-state index contributed by atoms with van der Waals surface area (Å²) in [7, 11) is 0.298. The van der Waals surface area contributed by atoms with Gasteiger partial charge in [-0.15, -0.1) is 11.3 Å². The summed E-state index contributed by atoms with van der Waals surface area (Å²) in [6, 6.07) is 0. The van der Waals surface area contributed by atoms with E-state index in [2.05, 4.69) is 4.98 Å². The molecular formula is C12H21N5O2S2. The molecule has 0 aliphatic heterocycles. The second-order valence-corrected chi connectivity index (χ2v) is 7.74. The molecule has 0 aliphatic rings. The van der Waals surface area contributed by atoms with Gasteiger partial charge in [0.15, 0.2) is 15.8 Å². The fourth-order valence-corrected chi connectivity index (χ4v) is 4.61. The fraction of sp³-hybridized carbons (Fsp3) is 0.583. The van der Waals surface area contributed by atoms with Crippen LogP contribution in [0.2, 0.25) is 0 Å². The SMILES string of the molecule is CCN(CCCN(C)C)S(=O)(=O)c1c(N)nc2sccn12. The van der Waals surface area contributed by atoms with Gasteiger partial charge in [0.25, 0.3) is 10.0 Å². The van der Waals surface area contributed by atoms with E-state index in [1.807, 2.05) is 25.9 Å². The highest BCUT2D eigenvalue weighted by atomic mass is 32.2. The Morgan fingerprint density at radius 1 is 1.38 bits per heavy atom. The summed E-state index contributed by atoms with van der Waals surface area (Å²) in [5.74, 6) is 0.0629. The number of nitrogens with two attached hydrogens (primary N) is 1. The molecule has 0 unspecified atom stereocenters. The van der Waals surface area contributed by atoms with E-state index in [9.17, 15) is 8.42 Å². The average Bonchev–Trinajstić information content (AvgIpc) is 2.93. The van der Waals surface area contributed by atoms with Crippen molar-refractivity contribution >= 4 is 32.1 Å². The van der Waals surface area contributed by atoms with E-state index in [1.165, 1.54) is 15.6 Å². The minimum atomic E-state index is -3.64. The Morgan fingerprint density at radius 3 is 2.71 bits per heavy atom. The van der Waals surface area contributed by atoms with Crippen molar-refractivity contribution in [3.8, 4) is 0 Å². The lowest BCUT2D eigenvalue weighted by Crippen LogP contribution is -2.34. The second-order valence-electron chi connectivity index (χ2n) is 5.01. The van der Waals surface area contributed by atoms with Crippen LogP contribution >= 0.6 is 11.3 Å². The molecule has 118 valence electrons. The van der Waals surface area contributed by atoms with E-state index in [4.69, 9.17) is 5.73 Å². The highest BCUT2D eigenvalue weighted by molar-refractivity contribution is 7.89. The Bertz CT molecular complexity index is 704. The monoisotopic (exact) mass is 331 g/mol. The van der Waals surface area contributed by atoms with E-state index in [0.29, 0.717) is 18.1 Å². The number of sulfonamides is 1. The van der Waals surface area contributed by atoms with E-state index < -0.39 is 10.0 Å². The van der Waals surface area contributed by atoms with Crippen LogP contribution in [0.5, 0.6) is 0 Å². The molecule has 9 heteroatoms. The summed E-state index contributed by atoms with van der Waals surface area (Å²) in [5.41, 5.74) is 5.81. The molecule has 0 saturated heterocycles. The molecule has 21 heavy (non-hydrogen) atoms. The summed E-state index contributed by atoms with van der Waals surface area (Å²) in [6.07, 6.45) is 2.45. The van der Waals surface area contributed by atoms with Crippen LogP contribution in [0.25, 0.3) is 4.96 Å². The number of imidazole rings is 1. The summed E-state index contributed by atoms with van der Waals surface area (Å²) in [5, 5.41) is 1.87. The smallest absolute Gasteiger partial charge is 0.262 e. The van der Waals surface area contributed by atoms with Crippen molar-refractivity contribution in [3.63, 3.8) is 0 Å². The molecule has 0 bridgehead atoms. The number of hydrogen-bond acceptors (Lipinski definition) is 6. The Labute approximate surface area is 129 Å². The molecule has 2 heterocycles. The summed E-state index contributed by atoms with van der Waals surface area (Å²) < 4.78 is 28.6. The lowest BCUT2D eigenvalue weighted by molar-refractivity contribution is 0.355. The molecule has 0 aromatic carbocycles. The van der Waals surface area contributed by atoms with Crippen LogP contribution in [0.3, 0.4) is 0 Å². The molecule has 0 saturated carbocycles. The van der Waals surface area contributed by atoms with Crippen LogP contribution in [0, 0.1) is 0 Å². The minimum Gasteiger partial charge on any atom is -0.381 e. The first-order valence-corrected chi connectivity index (χ1v) is 9.05. The normalized spacial score (nSPS) is 12.8. The maximum absolute atomic E-state index is 12.8. The van der Waals surface area contributed by atoms with Crippen LogP contribution in [-0.4, -0.2) is 60.7 Å². The van der Waals surface area contributed by atoms with E-state index in [-0.39, 0.29) is 10.8 Å². The van der Waals surface area contributed by atoms with Gasteiger partial charge in [-0.25, -0.2) is 13.4 Å². The van der Waals surface area contributed by atoms with Gasteiger partial charge in [0.2, 0.25) is 0 Å². The van der Waals surface area contributed by atoms with Gasteiger partial charge in [0, 0.05) is 24.7 Å². The predicted molar refractivity (Wildman–Crippen MR) is 85.1 cm³/mol. The van der Waals surface area contributed by atoms with Gasteiger partial charge < -0.3 is 10.6 Å². The van der Waals surface area contributed by atoms with Gasteiger partial charge in [0.1, 0.15) is 0 Å². The van der Waals surface area contributed by atoms with Crippen molar-refractivity contribution in [3.05, 3.63) is 11.6 Å². The molecular weight excluding hydrogens is 310 g/mol. The molecule has 2 aromatic rings. The first kappa shape index (κ1) is 16.2. The average molecular weight is 331 g/mol. The maximum atomic E-state index is 12.8. The van der Waals surface area contributed by atoms with Crippen LogP contribution in [0.1, 0.15) is 13.3 Å². The number of rotatable bonds is 7. The number of hydrogen-bond donors (Lipinski definition) is 1. The molecule has 7 nitrogen and oxygen atoms in total. The predicted octanol–water partition coefficient (Wildman–Crippen LogP) is 0.940. The third-order valence-electron chi connectivity index (χ3n) is 3.19. The van der Waals surface area contributed by atoms with E-state index in [1.54, 1.807) is 16.0 Å². The zero-order chi connectivity index (χ0) is 15.6. The topological polar surface area (TPSA) is 83.9 Å². The molecule has 2 N–H and O–H groups in total. The Kier molecular flexibility index (Phi) is 4.87. The summed E-state index contributed by atoms with van der Waals surface area (Å²) in [4.78, 5) is 6.74. The Balaban J connectivity index is 2.30. The number of fused-ring (bicyclic) bond motifs is 1. The highest BCUT2D eigenvalue weighted by Crippen LogP contribution is 2.26. The second kappa shape index (κ2) is 6.30. The maximum Gasteiger partial charge on any atom is 0.262 e. The van der Waals surface area contributed by atoms with Crippen molar-refractivity contribution in [2.24, 2.45) is 0 Å². The minimum absolute atomic E-state index is 0.0629. The Hall–Kier alpha value is -1.16.